The predicted molar refractivity (Wildman–Crippen MR) is 141 cm³/mol. The molecule has 0 aliphatic rings. The Morgan fingerprint density at radius 1 is 0.586 bits per heavy atom. The highest BCUT2D eigenvalue weighted by Crippen LogP contribution is 1.79. The molecule has 0 aromatic rings. The summed E-state index contributed by atoms with van der Waals surface area (Å²) in [5.41, 5.74) is 8.31. The molecule has 0 aliphatic carbocycles. The number of ketones is 1. The highest BCUT2D eigenvalue weighted by Gasteiger charge is 1.91. The molecule has 0 saturated carbocycles. The predicted octanol–water partition coefficient (Wildman–Crippen LogP) is 5.97. The van der Waals surface area contributed by atoms with E-state index in [2.05, 4.69) is 32.6 Å². The molecule has 2 N–H and O–H groups in total. The maximum absolute atomic E-state index is 10.2. The van der Waals surface area contributed by atoms with Gasteiger partial charge in [0.25, 0.3) is 0 Å². The van der Waals surface area contributed by atoms with E-state index in [1.165, 1.54) is 19.7 Å². The van der Waals surface area contributed by atoms with Gasteiger partial charge in [-0.3, -0.25) is 24.8 Å². The van der Waals surface area contributed by atoms with Gasteiger partial charge in [0.05, 0.1) is 17.1 Å². The summed E-state index contributed by atoms with van der Waals surface area (Å²) in [4.78, 5) is 25.7. The lowest BCUT2D eigenvalue weighted by Crippen LogP contribution is -2.03. The molecule has 0 atom stereocenters. The molecule has 6 heteroatoms. The second-order valence-electron chi connectivity index (χ2n) is 4.30. The summed E-state index contributed by atoms with van der Waals surface area (Å²) in [6, 6.07) is 0. The average Bonchev–Trinajstić information content (AvgIpc) is 2.82. The summed E-state index contributed by atoms with van der Waals surface area (Å²) < 4.78 is 0. The minimum Gasteiger partial charge on any atom is -0.333 e. The van der Waals surface area contributed by atoms with Crippen molar-refractivity contribution in [3.63, 3.8) is 0 Å². The number of carbonyl (C=O) groups excluding carboxylic acids is 1. The van der Waals surface area contributed by atoms with E-state index >= 15 is 0 Å². The molecule has 0 rings (SSSR count). The number of hydrogen-bond acceptors (Lipinski definition) is 6. The van der Waals surface area contributed by atoms with E-state index in [1.807, 2.05) is 69.4 Å². The van der Waals surface area contributed by atoms with Crippen LogP contribution < -0.4 is 5.73 Å². The number of nitrogens with zero attached hydrogens (tertiary/aromatic N) is 4. The number of carbonyl (C=O) groups is 1. The molecule has 6 nitrogen and oxygen atoms in total. The Hall–Kier alpha value is -1.69. The Morgan fingerprint density at radius 2 is 0.828 bits per heavy atom. The van der Waals surface area contributed by atoms with E-state index in [1.54, 1.807) is 28.1 Å². The van der Waals surface area contributed by atoms with Gasteiger partial charge in [-0.25, -0.2) is 0 Å². The molecule has 29 heavy (non-hydrogen) atoms. The number of nitrogens with two attached hydrogens (primary N) is 1. The third kappa shape index (κ3) is 58.4. The van der Waals surface area contributed by atoms with E-state index in [4.69, 9.17) is 0 Å². The Balaban J connectivity index is -0.0000000428. The maximum Gasteiger partial charge on any atom is 0.173 e. The van der Waals surface area contributed by atoms with Gasteiger partial charge in [0.1, 0.15) is 0 Å². The summed E-state index contributed by atoms with van der Waals surface area (Å²) in [6.45, 7) is 23.2. The van der Waals surface area contributed by atoms with E-state index in [9.17, 15) is 4.79 Å². The number of hydrogen-bond donors (Lipinski definition) is 1. The molecular formula is C23H55N5O. The third-order valence-electron chi connectivity index (χ3n) is 2.93. The Morgan fingerprint density at radius 3 is 0.862 bits per heavy atom. The first kappa shape index (κ1) is 45.8. The van der Waals surface area contributed by atoms with Crippen molar-refractivity contribution in [2.45, 2.75) is 89.5 Å². The smallest absolute Gasteiger partial charge is 0.173 e. The van der Waals surface area contributed by atoms with Crippen molar-refractivity contribution in [3.8, 4) is 0 Å². The molecule has 0 fully saturated rings. The lowest BCUT2D eigenvalue weighted by atomic mass is 10.3. The van der Waals surface area contributed by atoms with Crippen LogP contribution in [0.3, 0.4) is 0 Å². The third-order valence-corrected chi connectivity index (χ3v) is 2.93. The van der Waals surface area contributed by atoms with Gasteiger partial charge in [-0.2, -0.15) is 0 Å². The Bertz CT molecular complexity index is 393. The SMILES string of the molecule is CC.CC.CC.CCC(C)=NC.CN.CN=C(C)C(C)=NC.CN=C(C)C(C)=O. The summed E-state index contributed by atoms with van der Waals surface area (Å²) in [6.07, 6.45) is 1.08. The first-order valence-corrected chi connectivity index (χ1v) is 10.5. The second-order valence-corrected chi connectivity index (χ2v) is 4.30. The molecule has 0 aromatic heterocycles. The van der Waals surface area contributed by atoms with Crippen LogP contribution in [-0.4, -0.2) is 63.9 Å². The largest absolute Gasteiger partial charge is 0.333 e. The summed E-state index contributed by atoms with van der Waals surface area (Å²) in [7, 11) is 8.46. The van der Waals surface area contributed by atoms with Crippen LogP contribution in [0.15, 0.2) is 20.0 Å². The standard InChI is InChI=1S/C6H12N2.C5H9NO.C5H11N.3C2H6.CH5N/c1-5(7-3)6(2)8-4;1-4(6-3)5(2)7;1-4-5(2)6-3;4*1-2/h1-4H3;1-3H3;4H2,1-3H3;3*1-2H3;2H2,1H3. The zero-order valence-electron chi connectivity index (χ0n) is 23.0. The molecule has 0 radical (unpaired) electrons. The second kappa shape index (κ2) is 50.3. The fraction of sp³-hybridized carbons (Fsp3) is 0.783. The van der Waals surface area contributed by atoms with Gasteiger partial charge in [-0.05, 0) is 41.2 Å². The zero-order valence-corrected chi connectivity index (χ0v) is 23.0. The van der Waals surface area contributed by atoms with Gasteiger partial charge in [-0.15, -0.1) is 0 Å². The monoisotopic (exact) mass is 417 g/mol. The van der Waals surface area contributed by atoms with E-state index in [0.717, 1.165) is 17.8 Å². The molecule has 0 bridgehead atoms. The van der Waals surface area contributed by atoms with Crippen molar-refractivity contribution in [1.82, 2.24) is 0 Å². The average molecular weight is 418 g/mol. The molecular weight excluding hydrogens is 362 g/mol. The molecule has 0 unspecified atom stereocenters. The first-order valence-electron chi connectivity index (χ1n) is 10.5. The van der Waals surface area contributed by atoms with Crippen LogP contribution in [0.2, 0.25) is 0 Å². The first-order chi connectivity index (χ1) is 13.7. The lowest BCUT2D eigenvalue weighted by Gasteiger charge is -1.92. The van der Waals surface area contributed by atoms with Crippen molar-refractivity contribution in [3.05, 3.63) is 0 Å². The van der Waals surface area contributed by atoms with Gasteiger partial charge in [0, 0.05) is 40.8 Å². The fourth-order valence-electron chi connectivity index (χ4n) is 0.639. The summed E-state index contributed by atoms with van der Waals surface area (Å²) in [5, 5.41) is 0. The topological polar surface area (TPSA) is 92.5 Å². The van der Waals surface area contributed by atoms with Crippen molar-refractivity contribution in [1.29, 1.82) is 0 Å². The Kier molecular flexibility index (Phi) is 79.4. The Labute approximate surface area is 184 Å². The van der Waals surface area contributed by atoms with E-state index in [-0.39, 0.29) is 5.78 Å². The van der Waals surface area contributed by atoms with E-state index in [0.29, 0.717) is 5.71 Å². The van der Waals surface area contributed by atoms with Crippen LogP contribution in [-0.2, 0) is 4.79 Å². The van der Waals surface area contributed by atoms with Crippen LogP contribution in [0.5, 0.6) is 0 Å². The molecule has 0 aliphatic heterocycles. The van der Waals surface area contributed by atoms with Crippen LogP contribution in [0.25, 0.3) is 0 Å². The van der Waals surface area contributed by atoms with Crippen molar-refractivity contribution < 1.29 is 4.79 Å². The quantitative estimate of drug-likeness (QED) is 0.572. The number of rotatable bonds is 3. The highest BCUT2D eigenvalue weighted by atomic mass is 16.1. The number of Topliss-reactive ketones (excluding diaryl/α,β-unsaturated/α-hetero) is 1. The molecule has 0 spiro atoms. The van der Waals surface area contributed by atoms with Crippen molar-refractivity contribution in [2.24, 2.45) is 25.7 Å². The van der Waals surface area contributed by atoms with Gasteiger partial charge in [-0.1, -0.05) is 48.5 Å². The summed E-state index contributed by atoms with van der Waals surface area (Å²) in [5.74, 6) is 0.0440. The molecule has 0 heterocycles. The summed E-state index contributed by atoms with van der Waals surface area (Å²) >= 11 is 0. The van der Waals surface area contributed by atoms with Crippen LogP contribution in [0.1, 0.15) is 89.5 Å². The normalized spacial score (nSPS) is 10.1. The van der Waals surface area contributed by atoms with Gasteiger partial charge < -0.3 is 5.73 Å². The minimum atomic E-state index is 0.0440. The number of aliphatic imine (C=N–C) groups is 4. The van der Waals surface area contributed by atoms with Crippen LogP contribution in [0, 0.1) is 0 Å². The van der Waals surface area contributed by atoms with Crippen molar-refractivity contribution in [2.75, 3.05) is 35.2 Å². The van der Waals surface area contributed by atoms with Gasteiger partial charge >= 0.3 is 0 Å². The van der Waals surface area contributed by atoms with Gasteiger partial charge in [0.15, 0.2) is 5.78 Å². The zero-order chi connectivity index (χ0) is 25.4. The van der Waals surface area contributed by atoms with Crippen molar-refractivity contribution >= 4 is 28.6 Å². The molecule has 0 aromatic carbocycles. The fourth-order valence-corrected chi connectivity index (χ4v) is 0.639. The molecule has 0 amide bonds. The van der Waals surface area contributed by atoms with E-state index < -0.39 is 0 Å². The highest BCUT2D eigenvalue weighted by molar-refractivity contribution is 6.40. The van der Waals surface area contributed by atoms with Crippen LogP contribution >= 0.6 is 0 Å². The lowest BCUT2D eigenvalue weighted by molar-refractivity contribution is -0.111. The molecule has 178 valence electrons. The van der Waals surface area contributed by atoms with Gasteiger partial charge in [0.2, 0.25) is 0 Å². The maximum atomic E-state index is 10.2. The molecule has 0 saturated heterocycles. The van der Waals surface area contributed by atoms with Crippen LogP contribution in [0.4, 0.5) is 0 Å². The minimum absolute atomic E-state index is 0.0440.